The van der Waals surface area contributed by atoms with Gasteiger partial charge in [-0.25, -0.2) is 8.78 Å². The smallest absolute Gasteiger partial charge is 0.274 e. The van der Waals surface area contributed by atoms with Crippen molar-refractivity contribution in [2.45, 2.75) is 6.43 Å². The third-order valence-corrected chi connectivity index (χ3v) is 1.76. The van der Waals surface area contributed by atoms with E-state index < -0.39 is 13.0 Å². The fraction of sp³-hybridized carbons (Fsp3) is 0.222. The monoisotopic (exact) mass is 198 g/mol. The zero-order valence-corrected chi connectivity index (χ0v) is 7.23. The van der Waals surface area contributed by atoms with Gasteiger partial charge in [0.1, 0.15) is 5.52 Å². The number of halogens is 2. The fourth-order valence-electron chi connectivity index (χ4n) is 1.19. The van der Waals surface area contributed by atoms with E-state index in [2.05, 4.69) is 4.98 Å². The van der Waals surface area contributed by atoms with Gasteiger partial charge in [0.25, 0.3) is 6.43 Å². The van der Waals surface area contributed by atoms with Crippen LogP contribution in [0.15, 0.2) is 30.6 Å². The Bertz CT molecular complexity index is 427. The number of alkyl halides is 2. The summed E-state index contributed by atoms with van der Waals surface area (Å²) < 4.78 is 25.0. The maximum Gasteiger partial charge on any atom is 0.274 e. The third-order valence-electron chi connectivity index (χ3n) is 1.76. The van der Waals surface area contributed by atoms with E-state index in [9.17, 15) is 8.78 Å². The normalized spacial score (nSPS) is 11.1. The lowest BCUT2D eigenvalue weighted by molar-refractivity contribution is 0.0135. The second kappa shape index (κ2) is 3.61. The molecular formula is C9H8F2N2O. The molecule has 2 aromatic rings. The van der Waals surface area contributed by atoms with Crippen molar-refractivity contribution in [1.82, 2.24) is 9.71 Å². The first kappa shape index (κ1) is 8.93. The summed E-state index contributed by atoms with van der Waals surface area (Å²) in [6.45, 7) is -0.612. The summed E-state index contributed by atoms with van der Waals surface area (Å²) in [4.78, 5) is 8.89. The van der Waals surface area contributed by atoms with Gasteiger partial charge in [-0.1, -0.05) is 0 Å². The number of fused-ring (bicyclic) bond motifs is 1. The fourth-order valence-corrected chi connectivity index (χ4v) is 1.19. The van der Waals surface area contributed by atoms with Crippen LogP contribution in [-0.2, 0) is 0 Å². The van der Waals surface area contributed by atoms with E-state index in [1.807, 2.05) is 0 Å². The molecule has 0 aromatic carbocycles. The first-order chi connectivity index (χ1) is 6.77. The van der Waals surface area contributed by atoms with Crippen molar-refractivity contribution >= 4 is 11.0 Å². The number of pyridine rings is 1. The number of nitrogens with zero attached hydrogens (tertiary/aromatic N) is 2. The van der Waals surface area contributed by atoms with Gasteiger partial charge in [-0.3, -0.25) is 4.98 Å². The van der Waals surface area contributed by atoms with Crippen molar-refractivity contribution in [3.63, 3.8) is 0 Å². The Morgan fingerprint density at radius 1 is 1.43 bits per heavy atom. The molecule has 0 bridgehead atoms. The number of rotatable bonds is 3. The van der Waals surface area contributed by atoms with Crippen molar-refractivity contribution in [1.29, 1.82) is 0 Å². The van der Waals surface area contributed by atoms with Gasteiger partial charge in [0, 0.05) is 12.4 Å². The molecule has 5 heteroatoms. The maximum absolute atomic E-state index is 11.9. The minimum absolute atomic E-state index is 0.612. The van der Waals surface area contributed by atoms with Crippen molar-refractivity contribution < 1.29 is 13.6 Å². The van der Waals surface area contributed by atoms with Gasteiger partial charge in [-0.05, 0) is 18.2 Å². The zero-order valence-electron chi connectivity index (χ0n) is 7.23. The van der Waals surface area contributed by atoms with Crippen molar-refractivity contribution in [2.24, 2.45) is 0 Å². The molecule has 2 heterocycles. The van der Waals surface area contributed by atoms with Crippen LogP contribution in [0.1, 0.15) is 0 Å². The van der Waals surface area contributed by atoms with Gasteiger partial charge in [0.15, 0.2) is 6.61 Å². The number of hydrogen-bond acceptors (Lipinski definition) is 2. The Labute approximate surface area is 78.9 Å². The molecule has 0 aliphatic heterocycles. The van der Waals surface area contributed by atoms with Crippen molar-refractivity contribution in [3.8, 4) is 0 Å². The lowest BCUT2D eigenvalue weighted by Crippen LogP contribution is -2.17. The predicted octanol–water partition coefficient (Wildman–Crippen LogP) is 1.73. The van der Waals surface area contributed by atoms with Crippen LogP contribution in [0.5, 0.6) is 0 Å². The molecule has 0 aliphatic rings. The molecule has 0 saturated carbocycles. The zero-order chi connectivity index (χ0) is 9.97. The van der Waals surface area contributed by atoms with Gasteiger partial charge in [0.05, 0.1) is 5.52 Å². The highest BCUT2D eigenvalue weighted by Crippen LogP contribution is 2.10. The largest absolute Gasteiger partial charge is 0.408 e. The van der Waals surface area contributed by atoms with Crippen LogP contribution >= 0.6 is 0 Å². The summed E-state index contributed by atoms with van der Waals surface area (Å²) in [5.74, 6) is 0. The molecule has 0 unspecified atom stereocenters. The topological polar surface area (TPSA) is 27.1 Å². The van der Waals surface area contributed by atoms with Crippen LogP contribution < -0.4 is 4.84 Å². The average Bonchev–Trinajstić information content (AvgIpc) is 2.58. The van der Waals surface area contributed by atoms with Gasteiger partial charge in [0.2, 0.25) is 0 Å². The van der Waals surface area contributed by atoms with Crippen LogP contribution in [0.25, 0.3) is 11.0 Å². The standard InChI is InChI=1S/C9H8F2N2O/c10-9(11)6-14-13-5-3-7-8(13)2-1-4-12-7/h1-5,9H,6H2. The predicted molar refractivity (Wildman–Crippen MR) is 47.2 cm³/mol. The Morgan fingerprint density at radius 2 is 2.29 bits per heavy atom. The third kappa shape index (κ3) is 1.66. The Kier molecular flexibility index (Phi) is 2.30. The average molecular weight is 198 g/mol. The lowest BCUT2D eigenvalue weighted by Gasteiger charge is -2.06. The summed E-state index contributed by atoms with van der Waals surface area (Å²) in [5.41, 5.74) is 1.41. The van der Waals surface area contributed by atoms with E-state index in [1.165, 1.54) is 4.73 Å². The van der Waals surface area contributed by atoms with Gasteiger partial charge in [-0.15, -0.1) is 0 Å². The van der Waals surface area contributed by atoms with Crippen LogP contribution in [0, 0.1) is 0 Å². The molecule has 3 nitrogen and oxygen atoms in total. The van der Waals surface area contributed by atoms with Crippen LogP contribution in [-0.4, -0.2) is 22.7 Å². The van der Waals surface area contributed by atoms with Crippen molar-refractivity contribution in [3.05, 3.63) is 30.6 Å². The van der Waals surface area contributed by atoms with Crippen LogP contribution in [0.4, 0.5) is 8.78 Å². The summed E-state index contributed by atoms with van der Waals surface area (Å²) in [5, 5.41) is 0. The van der Waals surface area contributed by atoms with E-state index in [-0.39, 0.29) is 0 Å². The SMILES string of the molecule is FC(F)COn1ccc2ncccc21. The molecule has 0 radical (unpaired) electrons. The highest BCUT2D eigenvalue weighted by Gasteiger charge is 2.05. The summed E-state index contributed by atoms with van der Waals surface area (Å²) in [6, 6.07) is 5.19. The van der Waals surface area contributed by atoms with Gasteiger partial charge in [-0.2, -0.15) is 4.73 Å². The quantitative estimate of drug-likeness (QED) is 0.751. The molecule has 0 amide bonds. The first-order valence-corrected chi connectivity index (χ1v) is 4.11. The van der Waals surface area contributed by atoms with Crippen molar-refractivity contribution in [2.75, 3.05) is 6.61 Å². The number of hydrogen-bond donors (Lipinski definition) is 0. The molecule has 2 rings (SSSR count). The van der Waals surface area contributed by atoms with Gasteiger partial charge < -0.3 is 4.84 Å². The maximum atomic E-state index is 11.9. The Hall–Kier alpha value is -1.65. The molecular weight excluding hydrogens is 190 g/mol. The molecule has 0 saturated heterocycles. The van der Waals surface area contributed by atoms with Crippen LogP contribution in [0.2, 0.25) is 0 Å². The summed E-state index contributed by atoms with van der Waals surface area (Å²) in [6.07, 6.45) is 0.740. The Balaban J connectivity index is 2.25. The minimum Gasteiger partial charge on any atom is -0.408 e. The highest BCUT2D eigenvalue weighted by atomic mass is 19.3. The molecule has 2 aromatic heterocycles. The number of aromatic nitrogens is 2. The molecule has 0 fully saturated rings. The summed E-state index contributed by atoms with van der Waals surface area (Å²) in [7, 11) is 0. The van der Waals surface area contributed by atoms with E-state index in [4.69, 9.17) is 4.84 Å². The second-order valence-corrected chi connectivity index (χ2v) is 2.74. The van der Waals surface area contributed by atoms with E-state index in [0.717, 1.165) is 5.52 Å². The molecule has 0 spiro atoms. The van der Waals surface area contributed by atoms with E-state index >= 15 is 0 Å². The molecule has 0 atom stereocenters. The first-order valence-electron chi connectivity index (χ1n) is 4.11. The molecule has 0 aliphatic carbocycles. The van der Waals surface area contributed by atoms with E-state index in [0.29, 0.717) is 5.52 Å². The van der Waals surface area contributed by atoms with E-state index in [1.54, 1.807) is 30.6 Å². The summed E-state index contributed by atoms with van der Waals surface area (Å²) >= 11 is 0. The minimum atomic E-state index is -2.47. The molecule has 74 valence electrons. The lowest BCUT2D eigenvalue weighted by atomic mass is 10.4. The Morgan fingerprint density at radius 3 is 3.07 bits per heavy atom. The van der Waals surface area contributed by atoms with Gasteiger partial charge >= 0.3 is 0 Å². The second-order valence-electron chi connectivity index (χ2n) is 2.74. The molecule has 0 N–H and O–H groups in total. The highest BCUT2D eigenvalue weighted by molar-refractivity contribution is 5.74. The van der Waals surface area contributed by atoms with Crippen LogP contribution in [0.3, 0.4) is 0 Å². The molecule has 14 heavy (non-hydrogen) atoms.